The van der Waals surface area contributed by atoms with E-state index in [0.29, 0.717) is 11.0 Å². The third-order valence-corrected chi connectivity index (χ3v) is 3.20. The third-order valence-electron chi connectivity index (χ3n) is 2.24. The number of aliphatic hydroxyl groups is 1. The van der Waals surface area contributed by atoms with Crippen LogP contribution >= 0.6 is 7.82 Å². The molecule has 0 spiro atoms. The van der Waals surface area contributed by atoms with E-state index in [0.717, 1.165) is 0 Å². The quantitative estimate of drug-likeness (QED) is 0.319. The molecule has 19 heavy (non-hydrogen) atoms. The summed E-state index contributed by atoms with van der Waals surface area (Å²) in [6.07, 6.45) is 2.48. The van der Waals surface area contributed by atoms with Crippen LogP contribution in [0.1, 0.15) is 6.92 Å². The molecule has 0 fully saturated rings. The maximum atomic E-state index is 11.5. The zero-order chi connectivity index (χ0) is 15.8. The van der Waals surface area contributed by atoms with Crippen molar-refractivity contribution in [3.63, 3.8) is 0 Å². The first-order valence-electron chi connectivity index (χ1n) is 6.43. The molecule has 7 nitrogen and oxygen atoms in total. The van der Waals surface area contributed by atoms with Crippen molar-refractivity contribution in [1.29, 1.82) is 1.43 Å². The van der Waals surface area contributed by atoms with Gasteiger partial charge in [0, 0.05) is 0 Å². The van der Waals surface area contributed by atoms with E-state index in [1.54, 1.807) is 19.1 Å². The third kappa shape index (κ3) is 10.2. The lowest BCUT2D eigenvalue weighted by atomic mass is 10.2. The summed E-state index contributed by atoms with van der Waals surface area (Å²) in [7, 11) is 1.38. The summed E-state index contributed by atoms with van der Waals surface area (Å²) >= 11 is 0. The first-order chi connectivity index (χ1) is 9.11. The number of likely N-dealkylation sites (N-methyl/N-ethyl adjacent to an activating group) is 1. The van der Waals surface area contributed by atoms with Gasteiger partial charge in [0.1, 0.15) is 13.2 Å². The van der Waals surface area contributed by atoms with Gasteiger partial charge in [-0.25, -0.2) is 0 Å². The Bertz CT molecular complexity index is 348. The first kappa shape index (κ1) is 16.8. The molecular weight excluding hydrogens is 271 g/mol. The zero-order valence-corrected chi connectivity index (χ0v) is 12.8. The minimum absolute atomic E-state index is 0.0345. The molecule has 0 rings (SSSR count). The number of hydrogen-bond donors (Lipinski definition) is 2. The van der Waals surface area contributed by atoms with Crippen LogP contribution in [-0.4, -0.2) is 64.1 Å². The number of allylic oxidation sites excluding steroid dienone is 1. The van der Waals surface area contributed by atoms with Crippen LogP contribution < -0.4 is 10.6 Å². The maximum absolute atomic E-state index is 11.5. The molecule has 1 unspecified atom stereocenters. The van der Waals surface area contributed by atoms with Crippen molar-refractivity contribution in [2.45, 2.75) is 19.1 Å². The molecule has 3 atom stereocenters. The van der Waals surface area contributed by atoms with E-state index in [1.807, 2.05) is 21.1 Å². The van der Waals surface area contributed by atoms with Crippen molar-refractivity contribution in [2.75, 3.05) is 40.9 Å². The monoisotopic (exact) mass is 298 g/mol. The van der Waals surface area contributed by atoms with Gasteiger partial charge in [-0.05, 0) is 6.92 Å². The van der Waals surface area contributed by atoms with Crippen LogP contribution in [0, 0.1) is 0 Å². The van der Waals surface area contributed by atoms with Gasteiger partial charge in [-0.1, -0.05) is 12.2 Å². The zero-order valence-electron chi connectivity index (χ0n) is 12.9. The van der Waals surface area contributed by atoms with E-state index < -0.39 is 20.0 Å². The van der Waals surface area contributed by atoms with Crippen molar-refractivity contribution < 1.29 is 28.1 Å². The average molecular weight is 298 g/mol. The minimum atomic E-state index is -4.38. The molecule has 0 saturated heterocycles. The van der Waals surface area contributed by atoms with Crippen LogP contribution in [0.15, 0.2) is 12.2 Å². The number of quaternary nitrogens is 1. The first-order valence-corrected chi connectivity index (χ1v) is 7.48. The second-order valence-corrected chi connectivity index (χ2v) is 6.66. The fourth-order valence-electron chi connectivity index (χ4n) is 1.07. The number of aliphatic hydroxyl groups excluding tert-OH is 1. The van der Waals surface area contributed by atoms with E-state index in [-0.39, 0.29) is 13.2 Å². The van der Waals surface area contributed by atoms with Crippen LogP contribution in [0.5, 0.6) is 0 Å². The Balaban J connectivity index is 4.17. The molecule has 0 saturated carbocycles. The second kappa shape index (κ2) is 8.11. The lowest BCUT2D eigenvalue weighted by molar-refractivity contribution is -0.870. The highest BCUT2D eigenvalue weighted by Gasteiger charge is 2.17. The molecule has 0 bridgehead atoms. The molecule has 0 heterocycles. The van der Waals surface area contributed by atoms with Crippen molar-refractivity contribution >= 4 is 7.82 Å². The molecule has 114 valence electrons. The highest BCUT2D eigenvalue weighted by Crippen LogP contribution is 2.38. The van der Waals surface area contributed by atoms with Gasteiger partial charge in [-0.15, -0.1) is 0 Å². The molecular formula is C11H25N2O5P. The fourth-order valence-corrected chi connectivity index (χ4v) is 1.80. The molecule has 8 heteroatoms. The molecule has 0 aromatic carbocycles. The normalized spacial score (nSPS) is 20.0. The van der Waals surface area contributed by atoms with Crippen molar-refractivity contribution in [1.82, 2.24) is 0 Å². The smallest absolute Gasteiger partial charge is 0.268 e. The van der Waals surface area contributed by atoms with Gasteiger partial charge < -0.3 is 29.3 Å². The van der Waals surface area contributed by atoms with Gasteiger partial charge in [0.2, 0.25) is 1.43 Å². The van der Waals surface area contributed by atoms with Crippen LogP contribution in [0.4, 0.5) is 0 Å². The topological polar surface area (TPSA) is 105 Å². The molecule has 0 aliphatic carbocycles. The Kier molecular flexibility index (Phi) is 7.17. The lowest BCUT2D eigenvalue weighted by Crippen LogP contribution is -2.39. The van der Waals surface area contributed by atoms with E-state index >= 15 is 0 Å². The summed E-state index contributed by atoms with van der Waals surface area (Å²) in [4.78, 5) is 11.5. The van der Waals surface area contributed by atoms with Crippen LogP contribution in [0.3, 0.4) is 0 Å². The number of rotatable bonds is 10. The van der Waals surface area contributed by atoms with E-state index in [1.165, 1.54) is 0 Å². The van der Waals surface area contributed by atoms with Gasteiger partial charge in [-0.2, -0.15) is 0 Å². The summed E-state index contributed by atoms with van der Waals surface area (Å²) in [5, 5.41) is 4.37. The Labute approximate surface area is 116 Å². The Morgan fingerprint density at radius 2 is 2.16 bits per heavy atom. The van der Waals surface area contributed by atoms with Gasteiger partial charge in [0.15, 0.2) is 0 Å². The number of phosphoric ester groups is 1. The highest BCUT2D eigenvalue weighted by molar-refractivity contribution is 7.45. The Morgan fingerprint density at radius 3 is 2.63 bits per heavy atom. The minimum Gasteiger partial charge on any atom is -0.756 e. The van der Waals surface area contributed by atoms with Gasteiger partial charge in [0.25, 0.3) is 7.82 Å². The lowest BCUT2D eigenvalue weighted by Gasteiger charge is -2.28. The van der Waals surface area contributed by atoms with Crippen LogP contribution in [0.25, 0.3) is 0 Å². The van der Waals surface area contributed by atoms with Crippen molar-refractivity contribution in [3.05, 3.63) is 12.2 Å². The molecule has 0 aromatic heterocycles. The van der Waals surface area contributed by atoms with Gasteiger partial charge >= 0.3 is 0 Å². The fraction of sp³-hybridized carbons (Fsp3) is 0.818. The van der Waals surface area contributed by atoms with E-state index in [2.05, 4.69) is 9.63 Å². The summed E-state index contributed by atoms with van der Waals surface area (Å²) in [5.41, 5.74) is 5.68. The van der Waals surface area contributed by atoms with Gasteiger partial charge in [-0.3, -0.25) is 4.57 Å². The summed E-state index contributed by atoms with van der Waals surface area (Å²) in [6, 6.07) is -0.770. The predicted octanol–water partition coefficient (Wildman–Crippen LogP) is -0.541. The summed E-state index contributed by atoms with van der Waals surface area (Å²) < 4.78 is 28.3. The van der Waals surface area contributed by atoms with Crippen molar-refractivity contribution in [2.24, 2.45) is 5.73 Å². The van der Waals surface area contributed by atoms with Crippen LogP contribution in [0.2, 0.25) is 0 Å². The molecule has 3 N–H and O–H groups in total. The number of nitrogens with zero attached hydrogens (tertiary/aromatic N) is 1. The molecule has 0 radical (unpaired) electrons. The average Bonchev–Trinajstić information content (AvgIpc) is 2.31. The molecule has 0 aromatic rings. The summed E-state index contributed by atoms with van der Waals surface area (Å²) in [6.45, 7) is 2.00. The maximum Gasteiger partial charge on any atom is 0.268 e. The van der Waals surface area contributed by atoms with Crippen LogP contribution in [-0.2, 0) is 13.6 Å². The summed E-state index contributed by atoms with van der Waals surface area (Å²) in [5.74, 6) is 0. The number of hydrogen-bond acceptors (Lipinski definition) is 6. The Morgan fingerprint density at radius 1 is 1.53 bits per heavy atom. The van der Waals surface area contributed by atoms with Crippen molar-refractivity contribution in [3.8, 4) is 0 Å². The Hall–Kier alpha value is -0.270. The largest absolute Gasteiger partial charge is 0.756 e. The highest BCUT2D eigenvalue weighted by atomic mass is 31.2. The standard InChI is InChI=1S/C11H25N2O5P/c1-5-6-11(14)10(12)9-18-19(15,16)17-8-7-13(2,3)4/h5-6,10-11,14H,7-9,12H2,1-4H3/b6-5+/t10-,11-/m0/s1/i14T. The van der Waals surface area contributed by atoms with E-state index in [4.69, 9.17) is 11.7 Å². The second-order valence-electron chi connectivity index (χ2n) is 5.24. The molecule has 0 aliphatic rings. The molecule has 0 aliphatic heterocycles. The molecule has 0 amide bonds. The number of phosphoric acid groups is 1. The SMILES string of the molecule is [3H]O[C@@H](/C=C/C)[C@@H](N)COP(=O)([O-])OCC[N+](C)(C)C. The van der Waals surface area contributed by atoms with E-state index in [9.17, 15) is 9.46 Å². The predicted molar refractivity (Wildman–Crippen MR) is 71.2 cm³/mol. The number of nitrogens with two attached hydrogens (primary N) is 1. The van der Waals surface area contributed by atoms with Gasteiger partial charge in [0.05, 0.1) is 39.9 Å².